The van der Waals surface area contributed by atoms with Crippen molar-refractivity contribution in [3.63, 3.8) is 0 Å². The summed E-state index contributed by atoms with van der Waals surface area (Å²) in [6.45, 7) is 4.06. The van der Waals surface area contributed by atoms with Crippen molar-refractivity contribution >= 4 is 0 Å². The summed E-state index contributed by atoms with van der Waals surface area (Å²) in [5, 5.41) is 0. The van der Waals surface area contributed by atoms with Crippen LogP contribution in [0.25, 0.3) is 0 Å². The Morgan fingerprint density at radius 2 is 1.94 bits per heavy atom. The first kappa shape index (κ1) is 13.4. The summed E-state index contributed by atoms with van der Waals surface area (Å²) < 4.78 is 5.16. The molecule has 2 rings (SSSR count). The van der Waals surface area contributed by atoms with Gasteiger partial charge in [-0.1, -0.05) is 12.1 Å². The third kappa shape index (κ3) is 3.47. The fourth-order valence-electron chi connectivity index (χ4n) is 2.55. The van der Waals surface area contributed by atoms with Crippen molar-refractivity contribution in [1.29, 1.82) is 0 Å². The summed E-state index contributed by atoms with van der Waals surface area (Å²) in [7, 11) is 3.83. The van der Waals surface area contributed by atoms with Gasteiger partial charge in [0.2, 0.25) is 0 Å². The quantitative estimate of drug-likeness (QED) is 0.839. The molecule has 1 saturated carbocycles. The fraction of sp³-hybridized carbons (Fsp3) is 0.600. The average molecular weight is 248 g/mol. The highest BCUT2D eigenvalue weighted by Crippen LogP contribution is 2.38. The maximum atomic E-state index is 6.36. The summed E-state index contributed by atoms with van der Waals surface area (Å²) in [4.78, 5) is 2.31. The molecule has 1 aromatic rings. The van der Waals surface area contributed by atoms with Crippen LogP contribution in [0.1, 0.15) is 25.3 Å². The van der Waals surface area contributed by atoms with Crippen LogP contribution in [0.15, 0.2) is 24.3 Å². The van der Waals surface area contributed by atoms with Crippen molar-refractivity contribution in [3.8, 4) is 5.75 Å². The van der Waals surface area contributed by atoms with Crippen molar-refractivity contribution in [3.05, 3.63) is 29.8 Å². The third-order valence-electron chi connectivity index (χ3n) is 3.73. The van der Waals surface area contributed by atoms with Crippen LogP contribution in [0.3, 0.4) is 0 Å². The van der Waals surface area contributed by atoms with Crippen LogP contribution in [0, 0.1) is 5.92 Å². The number of nitrogens with zero attached hydrogens (tertiary/aromatic N) is 1. The Morgan fingerprint density at radius 1 is 1.33 bits per heavy atom. The number of rotatable bonds is 6. The molecule has 0 spiro atoms. The van der Waals surface area contributed by atoms with Crippen LogP contribution in [-0.4, -0.2) is 31.1 Å². The van der Waals surface area contributed by atoms with E-state index in [2.05, 4.69) is 31.0 Å². The number of hydrogen-bond acceptors (Lipinski definition) is 3. The van der Waals surface area contributed by atoms with Gasteiger partial charge in [0, 0.05) is 18.6 Å². The molecule has 1 fully saturated rings. The first-order chi connectivity index (χ1) is 8.51. The van der Waals surface area contributed by atoms with E-state index >= 15 is 0 Å². The molecule has 0 aromatic heterocycles. The van der Waals surface area contributed by atoms with Gasteiger partial charge in [0.15, 0.2) is 0 Å². The lowest BCUT2D eigenvalue weighted by Gasteiger charge is -2.30. The smallest absolute Gasteiger partial charge is 0.118 e. The molecular weight excluding hydrogens is 224 g/mol. The lowest BCUT2D eigenvalue weighted by Crippen LogP contribution is -2.48. The van der Waals surface area contributed by atoms with Crippen molar-refractivity contribution in [2.24, 2.45) is 11.7 Å². The van der Waals surface area contributed by atoms with E-state index in [4.69, 9.17) is 10.5 Å². The van der Waals surface area contributed by atoms with E-state index in [-0.39, 0.29) is 5.54 Å². The molecule has 0 heterocycles. The minimum absolute atomic E-state index is 0.0405. The molecule has 1 aliphatic rings. The second-order valence-electron chi connectivity index (χ2n) is 5.80. The molecule has 0 radical (unpaired) electrons. The van der Waals surface area contributed by atoms with Crippen LogP contribution >= 0.6 is 0 Å². The maximum absolute atomic E-state index is 6.36. The monoisotopic (exact) mass is 248 g/mol. The van der Waals surface area contributed by atoms with E-state index in [9.17, 15) is 0 Å². The minimum Gasteiger partial charge on any atom is -0.497 e. The van der Waals surface area contributed by atoms with E-state index in [0.717, 1.165) is 24.8 Å². The van der Waals surface area contributed by atoms with Crippen LogP contribution in [0.5, 0.6) is 5.75 Å². The predicted molar refractivity (Wildman–Crippen MR) is 74.6 cm³/mol. The lowest BCUT2D eigenvalue weighted by atomic mass is 9.96. The highest BCUT2D eigenvalue weighted by Gasteiger charge is 2.38. The molecule has 3 nitrogen and oxygen atoms in total. The standard InChI is InChI=1S/C15H24N2O/c1-15(16,13-6-7-13)11-17(2)10-12-4-8-14(18-3)9-5-12/h4-5,8-9,13H,6-7,10-11,16H2,1-3H3. The molecule has 0 saturated heterocycles. The Morgan fingerprint density at radius 3 is 2.44 bits per heavy atom. The van der Waals surface area contributed by atoms with Gasteiger partial charge in [0.1, 0.15) is 5.75 Å². The SMILES string of the molecule is COc1ccc(CN(C)CC(C)(N)C2CC2)cc1. The van der Waals surface area contributed by atoms with Gasteiger partial charge in [-0.25, -0.2) is 0 Å². The second-order valence-corrected chi connectivity index (χ2v) is 5.80. The Balaban J connectivity index is 1.87. The van der Waals surface area contributed by atoms with Crippen LogP contribution in [0.4, 0.5) is 0 Å². The Labute approximate surface area is 110 Å². The zero-order valence-corrected chi connectivity index (χ0v) is 11.6. The second kappa shape index (κ2) is 5.29. The van der Waals surface area contributed by atoms with Crippen LogP contribution in [0.2, 0.25) is 0 Å². The van der Waals surface area contributed by atoms with E-state index in [1.165, 1.54) is 18.4 Å². The van der Waals surface area contributed by atoms with E-state index in [1.54, 1.807) is 7.11 Å². The normalized spacial score (nSPS) is 18.7. The van der Waals surface area contributed by atoms with Gasteiger partial charge in [-0.15, -0.1) is 0 Å². The summed E-state index contributed by atoms with van der Waals surface area (Å²) in [5.41, 5.74) is 7.62. The maximum Gasteiger partial charge on any atom is 0.118 e. The molecule has 18 heavy (non-hydrogen) atoms. The minimum atomic E-state index is -0.0405. The third-order valence-corrected chi connectivity index (χ3v) is 3.73. The van der Waals surface area contributed by atoms with Gasteiger partial charge >= 0.3 is 0 Å². The van der Waals surface area contributed by atoms with Gasteiger partial charge in [-0.3, -0.25) is 0 Å². The fourth-order valence-corrected chi connectivity index (χ4v) is 2.55. The number of nitrogens with two attached hydrogens (primary N) is 1. The molecule has 0 bridgehead atoms. The number of benzene rings is 1. The van der Waals surface area contributed by atoms with Gasteiger partial charge in [-0.05, 0) is 50.4 Å². The van der Waals surface area contributed by atoms with E-state index in [1.807, 2.05) is 12.1 Å². The summed E-state index contributed by atoms with van der Waals surface area (Å²) in [6, 6.07) is 8.23. The zero-order valence-electron chi connectivity index (χ0n) is 11.6. The molecule has 1 atom stereocenters. The van der Waals surface area contributed by atoms with Gasteiger partial charge in [0.25, 0.3) is 0 Å². The first-order valence-corrected chi connectivity index (χ1v) is 6.61. The Kier molecular flexibility index (Phi) is 3.93. The van der Waals surface area contributed by atoms with Gasteiger partial charge in [-0.2, -0.15) is 0 Å². The van der Waals surface area contributed by atoms with E-state index in [0.29, 0.717) is 0 Å². The zero-order chi connectivity index (χ0) is 13.2. The molecule has 1 unspecified atom stereocenters. The summed E-state index contributed by atoms with van der Waals surface area (Å²) in [5.74, 6) is 1.62. The molecule has 2 N–H and O–H groups in total. The number of hydrogen-bond donors (Lipinski definition) is 1. The Bertz CT molecular complexity index is 382. The van der Waals surface area contributed by atoms with Crippen molar-refractivity contribution < 1.29 is 4.74 Å². The Hall–Kier alpha value is -1.06. The largest absolute Gasteiger partial charge is 0.497 e. The van der Waals surface area contributed by atoms with Gasteiger partial charge in [0.05, 0.1) is 7.11 Å². The molecular formula is C15H24N2O. The molecule has 0 aliphatic heterocycles. The average Bonchev–Trinajstić information content (AvgIpc) is 3.13. The van der Waals surface area contributed by atoms with Crippen molar-refractivity contribution in [1.82, 2.24) is 4.90 Å². The summed E-state index contributed by atoms with van der Waals surface area (Å²) in [6.07, 6.45) is 2.59. The highest BCUT2D eigenvalue weighted by atomic mass is 16.5. The van der Waals surface area contributed by atoms with Gasteiger partial charge < -0.3 is 15.4 Å². The predicted octanol–water partition coefficient (Wildman–Crippen LogP) is 2.25. The number of ether oxygens (including phenoxy) is 1. The molecule has 1 aromatic carbocycles. The van der Waals surface area contributed by atoms with Crippen molar-refractivity contribution in [2.75, 3.05) is 20.7 Å². The summed E-state index contributed by atoms with van der Waals surface area (Å²) >= 11 is 0. The van der Waals surface area contributed by atoms with Crippen molar-refractivity contribution in [2.45, 2.75) is 31.8 Å². The molecule has 100 valence electrons. The highest BCUT2D eigenvalue weighted by molar-refractivity contribution is 5.27. The first-order valence-electron chi connectivity index (χ1n) is 6.61. The number of methoxy groups -OCH3 is 1. The van der Waals surface area contributed by atoms with Crippen LogP contribution in [-0.2, 0) is 6.54 Å². The number of likely N-dealkylation sites (N-methyl/N-ethyl adjacent to an activating group) is 1. The lowest BCUT2D eigenvalue weighted by molar-refractivity contribution is 0.232. The van der Waals surface area contributed by atoms with E-state index < -0.39 is 0 Å². The topological polar surface area (TPSA) is 38.5 Å². The molecule has 1 aliphatic carbocycles. The molecule has 0 amide bonds. The molecule has 3 heteroatoms. The van der Waals surface area contributed by atoms with Crippen LogP contribution < -0.4 is 10.5 Å².